The van der Waals surface area contributed by atoms with Crippen LogP contribution in [0, 0.1) is 0 Å². The molecule has 0 bridgehead atoms. The van der Waals surface area contributed by atoms with E-state index in [0.717, 1.165) is 6.42 Å². The van der Waals surface area contributed by atoms with Gasteiger partial charge >= 0.3 is 0 Å². The van der Waals surface area contributed by atoms with Crippen LogP contribution in [0.5, 0.6) is 11.5 Å². The Kier molecular flexibility index (Phi) is 6.66. The molecule has 1 aromatic rings. The normalized spacial score (nSPS) is 10.1. The predicted octanol–water partition coefficient (Wildman–Crippen LogP) is 1.97. The second kappa shape index (κ2) is 8.01. The highest BCUT2D eigenvalue weighted by atomic mass is 79.9. The highest BCUT2D eigenvalue weighted by Gasteiger charge is 2.15. The molecule has 0 unspecified atom stereocenters. The molecule has 106 valence electrons. The first kappa shape index (κ1) is 15.8. The largest absolute Gasteiger partial charge is 0.493 e. The summed E-state index contributed by atoms with van der Waals surface area (Å²) in [4.78, 5) is 11.8. The molecule has 0 aliphatic carbocycles. The van der Waals surface area contributed by atoms with Crippen LogP contribution in [0.3, 0.4) is 0 Å². The Labute approximate surface area is 121 Å². The number of nitrogens with one attached hydrogen (secondary N) is 1. The molecule has 0 saturated heterocycles. The first-order chi connectivity index (χ1) is 9.13. The lowest BCUT2D eigenvalue weighted by Crippen LogP contribution is -2.26. The van der Waals surface area contributed by atoms with E-state index in [1.807, 2.05) is 6.92 Å². The van der Waals surface area contributed by atoms with Gasteiger partial charge in [0.2, 0.25) is 0 Å². The number of ether oxygens (including phenoxy) is 2. The number of benzene rings is 1. The van der Waals surface area contributed by atoms with E-state index in [-0.39, 0.29) is 19.1 Å². The van der Waals surface area contributed by atoms with Gasteiger partial charge in [0.1, 0.15) is 0 Å². The Hall–Kier alpha value is -1.27. The molecule has 0 radical (unpaired) electrons. The number of halogens is 1. The van der Waals surface area contributed by atoms with Crippen molar-refractivity contribution >= 4 is 21.8 Å². The standard InChI is InChI=1S/C13H18BrNO4/c1-3-6-19-12-10(14)7-9(8-11(12)18-2)13(17)15-4-5-16/h7-8,16H,3-6H2,1-2H3,(H,15,17). The van der Waals surface area contributed by atoms with Crippen molar-refractivity contribution in [3.05, 3.63) is 22.2 Å². The number of methoxy groups -OCH3 is 1. The Morgan fingerprint density at radius 3 is 2.79 bits per heavy atom. The van der Waals surface area contributed by atoms with Crippen molar-refractivity contribution in [1.82, 2.24) is 5.32 Å². The molecular formula is C13H18BrNO4. The predicted molar refractivity (Wildman–Crippen MR) is 75.9 cm³/mol. The molecule has 0 atom stereocenters. The van der Waals surface area contributed by atoms with Gasteiger partial charge in [-0.25, -0.2) is 0 Å². The molecule has 2 N–H and O–H groups in total. The van der Waals surface area contributed by atoms with Crippen molar-refractivity contribution in [2.75, 3.05) is 26.9 Å². The molecule has 5 nitrogen and oxygen atoms in total. The smallest absolute Gasteiger partial charge is 0.251 e. The third-order valence-electron chi connectivity index (χ3n) is 2.34. The van der Waals surface area contributed by atoms with E-state index in [4.69, 9.17) is 14.6 Å². The lowest BCUT2D eigenvalue weighted by atomic mass is 10.2. The number of amides is 1. The molecule has 0 heterocycles. The Bertz CT molecular complexity index is 437. The van der Waals surface area contributed by atoms with E-state index in [1.54, 1.807) is 12.1 Å². The van der Waals surface area contributed by atoms with Crippen molar-refractivity contribution in [3.63, 3.8) is 0 Å². The van der Waals surface area contributed by atoms with Crippen molar-refractivity contribution < 1.29 is 19.4 Å². The summed E-state index contributed by atoms with van der Waals surface area (Å²) in [7, 11) is 1.52. The average Bonchev–Trinajstić information content (AvgIpc) is 2.42. The van der Waals surface area contributed by atoms with Crippen LogP contribution in [0.15, 0.2) is 16.6 Å². The van der Waals surface area contributed by atoms with Crippen molar-refractivity contribution in [3.8, 4) is 11.5 Å². The fourth-order valence-corrected chi connectivity index (χ4v) is 2.02. The fourth-order valence-electron chi connectivity index (χ4n) is 1.47. The van der Waals surface area contributed by atoms with E-state index in [9.17, 15) is 4.79 Å². The van der Waals surface area contributed by atoms with Crippen LogP contribution in [-0.4, -0.2) is 37.9 Å². The minimum absolute atomic E-state index is 0.0955. The molecule has 0 fully saturated rings. The topological polar surface area (TPSA) is 67.8 Å². The molecular weight excluding hydrogens is 314 g/mol. The second-order valence-electron chi connectivity index (χ2n) is 3.82. The monoisotopic (exact) mass is 331 g/mol. The van der Waals surface area contributed by atoms with Crippen LogP contribution in [0.2, 0.25) is 0 Å². The zero-order valence-corrected chi connectivity index (χ0v) is 12.6. The molecule has 1 aromatic carbocycles. The van der Waals surface area contributed by atoms with E-state index in [0.29, 0.717) is 28.1 Å². The number of rotatable bonds is 7. The number of aliphatic hydroxyl groups excluding tert-OH is 1. The summed E-state index contributed by atoms with van der Waals surface area (Å²) in [5, 5.41) is 11.3. The molecule has 0 spiro atoms. The number of carbonyl (C=O) groups is 1. The van der Waals surface area contributed by atoms with Crippen LogP contribution in [-0.2, 0) is 0 Å². The SMILES string of the molecule is CCCOc1c(Br)cc(C(=O)NCCO)cc1OC. The maximum absolute atomic E-state index is 11.8. The first-order valence-corrected chi connectivity index (χ1v) is 6.82. The molecule has 0 aliphatic rings. The summed E-state index contributed by atoms with van der Waals surface area (Å²) in [5.74, 6) is 0.815. The summed E-state index contributed by atoms with van der Waals surface area (Å²) >= 11 is 3.37. The zero-order chi connectivity index (χ0) is 14.3. The van der Waals surface area contributed by atoms with Crippen molar-refractivity contribution in [1.29, 1.82) is 0 Å². The van der Waals surface area contributed by atoms with Crippen LogP contribution in [0.1, 0.15) is 23.7 Å². The van der Waals surface area contributed by atoms with Gasteiger partial charge in [-0.15, -0.1) is 0 Å². The average molecular weight is 332 g/mol. The zero-order valence-electron chi connectivity index (χ0n) is 11.0. The Balaban J connectivity index is 2.98. The number of aliphatic hydroxyl groups is 1. The van der Waals surface area contributed by atoms with Crippen LogP contribution >= 0.6 is 15.9 Å². The van der Waals surface area contributed by atoms with Gasteiger partial charge in [0.25, 0.3) is 5.91 Å². The van der Waals surface area contributed by atoms with E-state index in [2.05, 4.69) is 21.2 Å². The third kappa shape index (κ3) is 4.40. The molecule has 19 heavy (non-hydrogen) atoms. The van der Waals surface area contributed by atoms with Crippen molar-refractivity contribution in [2.24, 2.45) is 0 Å². The van der Waals surface area contributed by atoms with E-state index in [1.165, 1.54) is 7.11 Å². The van der Waals surface area contributed by atoms with Gasteiger partial charge in [0.15, 0.2) is 11.5 Å². The lowest BCUT2D eigenvalue weighted by Gasteiger charge is -2.13. The summed E-state index contributed by atoms with van der Waals surface area (Å²) < 4.78 is 11.5. The maximum Gasteiger partial charge on any atom is 0.251 e. The molecule has 6 heteroatoms. The van der Waals surface area contributed by atoms with Gasteiger partial charge in [-0.1, -0.05) is 6.92 Å². The van der Waals surface area contributed by atoms with Crippen LogP contribution in [0.4, 0.5) is 0 Å². The Morgan fingerprint density at radius 1 is 1.47 bits per heavy atom. The lowest BCUT2D eigenvalue weighted by molar-refractivity contribution is 0.0944. The van der Waals surface area contributed by atoms with Gasteiger partial charge in [-0.3, -0.25) is 4.79 Å². The molecule has 1 amide bonds. The minimum Gasteiger partial charge on any atom is -0.493 e. The fraction of sp³-hybridized carbons (Fsp3) is 0.462. The number of hydrogen-bond donors (Lipinski definition) is 2. The third-order valence-corrected chi connectivity index (χ3v) is 2.93. The van der Waals surface area contributed by atoms with E-state index < -0.39 is 0 Å². The highest BCUT2D eigenvalue weighted by molar-refractivity contribution is 9.10. The van der Waals surface area contributed by atoms with Gasteiger partial charge < -0.3 is 19.9 Å². The summed E-state index contributed by atoms with van der Waals surface area (Å²) in [5.41, 5.74) is 0.445. The van der Waals surface area contributed by atoms with E-state index >= 15 is 0 Å². The van der Waals surface area contributed by atoms with Gasteiger partial charge in [-0.2, -0.15) is 0 Å². The number of hydrogen-bond acceptors (Lipinski definition) is 4. The maximum atomic E-state index is 11.8. The highest BCUT2D eigenvalue weighted by Crippen LogP contribution is 2.36. The van der Waals surface area contributed by atoms with Crippen LogP contribution < -0.4 is 14.8 Å². The van der Waals surface area contributed by atoms with Crippen LogP contribution in [0.25, 0.3) is 0 Å². The summed E-state index contributed by atoms with van der Waals surface area (Å²) in [6.07, 6.45) is 0.883. The van der Waals surface area contributed by atoms with Gasteiger partial charge in [-0.05, 0) is 34.5 Å². The van der Waals surface area contributed by atoms with Crippen molar-refractivity contribution in [2.45, 2.75) is 13.3 Å². The first-order valence-electron chi connectivity index (χ1n) is 6.03. The van der Waals surface area contributed by atoms with Gasteiger partial charge in [0.05, 0.1) is 24.8 Å². The second-order valence-corrected chi connectivity index (χ2v) is 4.67. The summed E-state index contributed by atoms with van der Waals surface area (Å²) in [6, 6.07) is 3.28. The Morgan fingerprint density at radius 2 is 2.21 bits per heavy atom. The minimum atomic E-state index is -0.268. The molecule has 0 aliphatic heterocycles. The number of carbonyl (C=O) groups excluding carboxylic acids is 1. The molecule has 1 rings (SSSR count). The van der Waals surface area contributed by atoms with Gasteiger partial charge in [0, 0.05) is 12.1 Å². The quantitative estimate of drug-likeness (QED) is 0.801. The molecule has 0 aromatic heterocycles. The molecule has 0 saturated carbocycles. The summed E-state index contributed by atoms with van der Waals surface area (Å²) in [6.45, 7) is 2.71.